The molecule has 0 atom stereocenters. The van der Waals surface area contributed by atoms with Gasteiger partial charge in [0.1, 0.15) is 12.1 Å². The van der Waals surface area contributed by atoms with E-state index in [4.69, 9.17) is 0 Å². The molecule has 1 aliphatic rings. The fraction of sp³-hybridized carbons (Fsp3) is 0.333. The third kappa shape index (κ3) is 2.57. The molecule has 0 saturated heterocycles. The van der Waals surface area contributed by atoms with Crippen molar-refractivity contribution in [1.82, 2.24) is 14.6 Å². The van der Waals surface area contributed by atoms with Crippen LogP contribution >= 0.6 is 0 Å². The average molecular weight is 308 g/mol. The number of aromatic nitrogens is 3. The van der Waals surface area contributed by atoms with E-state index in [1.54, 1.807) is 6.33 Å². The second kappa shape index (κ2) is 5.66. The Morgan fingerprint density at radius 3 is 2.74 bits per heavy atom. The minimum Gasteiger partial charge on any atom is -0.396 e. The summed E-state index contributed by atoms with van der Waals surface area (Å²) in [4.78, 5) is 0. The Bertz CT molecular complexity index is 793. The molecule has 0 aliphatic heterocycles. The number of hydrogen-bond donors (Lipinski definition) is 2. The second-order valence-corrected chi connectivity index (χ2v) is 6.50. The van der Waals surface area contributed by atoms with Gasteiger partial charge in [-0.05, 0) is 36.5 Å². The van der Waals surface area contributed by atoms with Crippen molar-refractivity contribution in [2.24, 2.45) is 5.41 Å². The van der Waals surface area contributed by atoms with Crippen molar-refractivity contribution in [1.29, 1.82) is 0 Å². The Balaban J connectivity index is 1.45. The van der Waals surface area contributed by atoms with Crippen LogP contribution in [0, 0.1) is 5.41 Å². The second-order valence-electron chi connectivity index (χ2n) is 6.50. The van der Waals surface area contributed by atoms with Gasteiger partial charge in [-0.3, -0.25) is 4.40 Å². The number of aliphatic hydroxyl groups is 1. The number of fused-ring (bicyclic) bond motifs is 1. The zero-order chi connectivity index (χ0) is 15.7. The summed E-state index contributed by atoms with van der Waals surface area (Å²) >= 11 is 0. The summed E-state index contributed by atoms with van der Waals surface area (Å²) in [6.45, 7) is 0.964. The first-order chi connectivity index (χ1) is 11.3. The molecule has 23 heavy (non-hydrogen) atoms. The maximum atomic E-state index is 9.88. The summed E-state index contributed by atoms with van der Waals surface area (Å²) in [5.41, 5.74) is 2.15. The molecule has 1 fully saturated rings. The summed E-state index contributed by atoms with van der Waals surface area (Å²) < 4.78 is 1.93. The molecule has 0 radical (unpaired) electrons. The zero-order valence-electron chi connectivity index (χ0n) is 12.9. The quantitative estimate of drug-likeness (QED) is 0.761. The van der Waals surface area contributed by atoms with Crippen LogP contribution in [0.3, 0.4) is 0 Å². The lowest BCUT2D eigenvalue weighted by Crippen LogP contribution is -2.44. The topological polar surface area (TPSA) is 62.5 Å². The first-order valence-electron chi connectivity index (χ1n) is 7.98. The highest BCUT2D eigenvalue weighted by molar-refractivity contribution is 5.49. The van der Waals surface area contributed by atoms with Gasteiger partial charge >= 0.3 is 0 Å². The van der Waals surface area contributed by atoms with Gasteiger partial charge in [0.25, 0.3) is 0 Å². The maximum absolute atomic E-state index is 9.88. The number of pyridine rings is 1. The lowest BCUT2D eigenvalue weighted by atomic mass is 9.60. The van der Waals surface area contributed by atoms with Crippen LogP contribution in [0.25, 0.3) is 5.65 Å². The van der Waals surface area contributed by atoms with Crippen LogP contribution in [0.5, 0.6) is 0 Å². The monoisotopic (exact) mass is 308 g/mol. The smallest absolute Gasteiger partial charge is 0.162 e. The van der Waals surface area contributed by atoms with Crippen molar-refractivity contribution in [3.05, 3.63) is 60.4 Å². The molecule has 0 amide bonds. The third-order valence-electron chi connectivity index (χ3n) is 4.94. The average Bonchev–Trinajstić information content (AvgIpc) is 3.04. The highest BCUT2D eigenvalue weighted by atomic mass is 16.3. The van der Waals surface area contributed by atoms with Crippen LogP contribution in [0.1, 0.15) is 24.3 Å². The van der Waals surface area contributed by atoms with Crippen molar-refractivity contribution in [2.75, 3.05) is 18.5 Å². The van der Waals surface area contributed by atoms with E-state index in [0.29, 0.717) is 5.92 Å². The van der Waals surface area contributed by atoms with Crippen molar-refractivity contribution < 1.29 is 5.11 Å². The van der Waals surface area contributed by atoms with E-state index < -0.39 is 0 Å². The number of benzene rings is 1. The number of aliphatic hydroxyl groups excluding tert-OH is 1. The molecule has 118 valence electrons. The molecular weight excluding hydrogens is 288 g/mol. The molecule has 2 aromatic heterocycles. The number of anilines is 1. The van der Waals surface area contributed by atoms with E-state index in [9.17, 15) is 5.11 Å². The predicted molar refractivity (Wildman–Crippen MR) is 89.4 cm³/mol. The van der Waals surface area contributed by atoms with Gasteiger partial charge in [-0.25, -0.2) is 0 Å². The van der Waals surface area contributed by atoms with E-state index >= 15 is 0 Å². The van der Waals surface area contributed by atoms with Crippen LogP contribution < -0.4 is 5.32 Å². The van der Waals surface area contributed by atoms with Crippen LogP contribution in [-0.4, -0.2) is 32.9 Å². The van der Waals surface area contributed by atoms with Crippen molar-refractivity contribution in [3.8, 4) is 0 Å². The summed E-state index contributed by atoms with van der Waals surface area (Å²) in [5, 5.41) is 21.3. The van der Waals surface area contributed by atoms with Crippen LogP contribution in [0.15, 0.2) is 54.9 Å². The molecule has 0 spiro atoms. The van der Waals surface area contributed by atoms with E-state index in [1.165, 1.54) is 5.56 Å². The number of rotatable bonds is 5. The van der Waals surface area contributed by atoms with E-state index in [1.807, 2.05) is 28.7 Å². The summed E-state index contributed by atoms with van der Waals surface area (Å²) in [5.74, 6) is 1.51. The minimum atomic E-state index is -0.0450. The normalized spacial score (nSPS) is 23.6. The maximum Gasteiger partial charge on any atom is 0.162 e. The Morgan fingerprint density at radius 2 is 1.96 bits per heavy atom. The first-order valence-corrected chi connectivity index (χ1v) is 7.98. The molecular formula is C18H20N4O. The van der Waals surface area contributed by atoms with Crippen molar-refractivity contribution >= 4 is 11.5 Å². The summed E-state index contributed by atoms with van der Waals surface area (Å²) in [7, 11) is 0. The Morgan fingerprint density at radius 1 is 1.13 bits per heavy atom. The molecule has 5 nitrogen and oxygen atoms in total. The molecule has 2 N–H and O–H groups in total. The SMILES string of the molecule is OCC1(CNc2cccc3nncn23)CC(c2ccccc2)C1. The molecule has 0 unspecified atom stereocenters. The van der Waals surface area contributed by atoms with Gasteiger partial charge in [-0.1, -0.05) is 36.4 Å². The molecule has 1 aromatic carbocycles. The molecule has 0 bridgehead atoms. The highest BCUT2D eigenvalue weighted by Gasteiger charge is 2.44. The van der Waals surface area contributed by atoms with Crippen LogP contribution in [-0.2, 0) is 0 Å². The van der Waals surface area contributed by atoms with Gasteiger partial charge in [0.2, 0.25) is 0 Å². The summed E-state index contributed by atoms with van der Waals surface area (Å²) in [6, 6.07) is 16.5. The van der Waals surface area contributed by atoms with Gasteiger partial charge in [-0.15, -0.1) is 10.2 Å². The summed E-state index contributed by atoms with van der Waals surface area (Å²) in [6.07, 6.45) is 3.73. The molecule has 1 aliphatic carbocycles. The lowest BCUT2D eigenvalue weighted by molar-refractivity contribution is 0.0375. The largest absolute Gasteiger partial charge is 0.396 e. The van der Waals surface area contributed by atoms with Gasteiger partial charge in [0.15, 0.2) is 5.65 Å². The molecule has 3 aromatic rings. The van der Waals surface area contributed by atoms with E-state index in [-0.39, 0.29) is 12.0 Å². The molecule has 4 rings (SSSR count). The van der Waals surface area contributed by atoms with Crippen LogP contribution in [0.4, 0.5) is 5.82 Å². The van der Waals surface area contributed by atoms with Gasteiger partial charge in [0.05, 0.1) is 6.61 Å². The van der Waals surface area contributed by atoms with E-state index in [2.05, 4.69) is 39.8 Å². The Kier molecular flexibility index (Phi) is 3.50. The number of nitrogens with one attached hydrogen (secondary N) is 1. The van der Waals surface area contributed by atoms with Gasteiger partial charge in [-0.2, -0.15) is 0 Å². The van der Waals surface area contributed by atoms with Gasteiger partial charge in [0, 0.05) is 12.0 Å². The number of nitrogens with zero attached hydrogens (tertiary/aromatic N) is 3. The standard InChI is InChI=1S/C18H20N4O/c23-12-18(9-15(10-18)14-5-2-1-3-6-14)11-19-16-7-4-8-17-21-20-13-22(16)17/h1-8,13,15,19,23H,9-12H2. The van der Waals surface area contributed by atoms with Crippen molar-refractivity contribution in [2.45, 2.75) is 18.8 Å². The Hall–Kier alpha value is -2.40. The Labute approximate surface area is 135 Å². The molecule has 2 heterocycles. The fourth-order valence-electron chi connectivity index (χ4n) is 3.55. The number of hydrogen-bond acceptors (Lipinski definition) is 4. The third-order valence-corrected chi connectivity index (χ3v) is 4.94. The first kappa shape index (κ1) is 14.2. The zero-order valence-corrected chi connectivity index (χ0v) is 12.9. The molecule has 5 heteroatoms. The molecule has 1 saturated carbocycles. The highest BCUT2D eigenvalue weighted by Crippen LogP contribution is 2.50. The minimum absolute atomic E-state index is 0.0450. The fourth-order valence-corrected chi connectivity index (χ4v) is 3.55. The lowest BCUT2D eigenvalue weighted by Gasteiger charge is -2.47. The predicted octanol–water partition coefficient (Wildman–Crippen LogP) is 2.70. The van der Waals surface area contributed by atoms with Gasteiger partial charge < -0.3 is 10.4 Å². The van der Waals surface area contributed by atoms with Crippen LogP contribution in [0.2, 0.25) is 0 Å². The van der Waals surface area contributed by atoms with Crippen molar-refractivity contribution in [3.63, 3.8) is 0 Å². The van der Waals surface area contributed by atoms with E-state index in [0.717, 1.165) is 30.9 Å².